The van der Waals surface area contributed by atoms with Crippen LogP contribution in [0, 0.1) is 13.8 Å². The highest BCUT2D eigenvalue weighted by molar-refractivity contribution is 5.96. The van der Waals surface area contributed by atoms with Crippen molar-refractivity contribution < 1.29 is 14.3 Å². The Balaban J connectivity index is 1.53. The number of anilines is 1. The first-order valence-corrected chi connectivity index (χ1v) is 9.92. The molecule has 148 valence electrons. The van der Waals surface area contributed by atoms with Crippen LogP contribution in [0.2, 0.25) is 0 Å². The number of rotatable bonds is 5. The summed E-state index contributed by atoms with van der Waals surface area (Å²) in [5.74, 6) is 0.545. The molecule has 28 heavy (non-hydrogen) atoms. The summed E-state index contributed by atoms with van der Waals surface area (Å²) in [5.41, 5.74) is 3.47. The minimum Gasteiger partial charge on any atom is -0.483 e. The molecule has 2 amide bonds. The van der Waals surface area contributed by atoms with Crippen molar-refractivity contribution >= 4 is 17.5 Å². The van der Waals surface area contributed by atoms with Crippen molar-refractivity contribution in [2.75, 3.05) is 25.0 Å². The van der Waals surface area contributed by atoms with Gasteiger partial charge < -0.3 is 15.0 Å². The highest BCUT2D eigenvalue weighted by Gasteiger charge is 2.17. The molecule has 5 heteroatoms. The summed E-state index contributed by atoms with van der Waals surface area (Å²) in [7, 11) is 0. The van der Waals surface area contributed by atoms with Crippen molar-refractivity contribution in [3.05, 3.63) is 59.2 Å². The second-order valence-electron chi connectivity index (χ2n) is 7.39. The van der Waals surface area contributed by atoms with Crippen LogP contribution in [0.1, 0.15) is 47.2 Å². The molecule has 1 aliphatic heterocycles. The van der Waals surface area contributed by atoms with E-state index in [1.165, 1.54) is 12.8 Å². The van der Waals surface area contributed by atoms with Gasteiger partial charge in [0.25, 0.3) is 11.8 Å². The summed E-state index contributed by atoms with van der Waals surface area (Å²) in [5, 5.41) is 2.81. The molecular formula is C23H28N2O3. The Morgan fingerprint density at radius 1 is 0.964 bits per heavy atom. The van der Waals surface area contributed by atoms with Crippen LogP contribution >= 0.6 is 0 Å². The van der Waals surface area contributed by atoms with Crippen LogP contribution in [0.4, 0.5) is 5.69 Å². The minimum absolute atomic E-state index is 0.0572. The van der Waals surface area contributed by atoms with Gasteiger partial charge in [0, 0.05) is 24.3 Å². The Morgan fingerprint density at radius 3 is 2.29 bits per heavy atom. The molecule has 0 aromatic heterocycles. The predicted molar refractivity (Wildman–Crippen MR) is 111 cm³/mol. The van der Waals surface area contributed by atoms with E-state index in [0.717, 1.165) is 37.1 Å². The smallest absolute Gasteiger partial charge is 0.262 e. The number of carbonyl (C=O) groups is 2. The molecule has 1 heterocycles. The van der Waals surface area contributed by atoms with E-state index in [1.807, 2.05) is 36.9 Å². The van der Waals surface area contributed by atoms with Crippen molar-refractivity contribution in [3.63, 3.8) is 0 Å². The predicted octanol–water partition coefficient (Wildman–Crippen LogP) is 4.34. The Labute approximate surface area is 166 Å². The topological polar surface area (TPSA) is 58.6 Å². The maximum Gasteiger partial charge on any atom is 0.262 e. The van der Waals surface area contributed by atoms with Crippen molar-refractivity contribution in [2.24, 2.45) is 0 Å². The van der Waals surface area contributed by atoms with Crippen LogP contribution in [-0.4, -0.2) is 36.4 Å². The number of hydrogen-bond acceptors (Lipinski definition) is 3. The molecular weight excluding hydrogens is 352 g/mol. The highest BCUT2D eigenvalue weighted by Crippen LogP contribution is 2.19. The molecule has 1 fully saturated rings. The zero-order valence-corrected chi connectivity index (χ0v) is 16.7. The number of nitrogens with one attached hydrogen (secondary N) is 1. The monoisotopic (exact) mass is 380 g/mol. The summed E-state index contributed by atoms with van der Waals surface area (Å²) in [6.07, 6.45) is 4.53. The third-order valence-corrected chi connectivity index (χ3v) is 5.00. The van der Waals surface area contributed by atoms with Crippen LogP contribution in [0.3, 0.4) is 0 Å². The van der Waals surface area contributed by atoms with E-state index in [4.69, 9.17) is 4.74 Å². The highest BCUT2D eigenvalue weighted by atomic mass is 16.5. The molecule has 3 rings (SSSR count). The fourth-order valence-electron chi connectivity index (χ4n) is 3.45. The SMILES string of the molecule is Cc1ccc(OCC(=O)Nc2ccc(C(=O)N3CCCCCC3)cc2)c(C)c1. The van der Waals surface area contributed by atoms with Gasteiger partial charge >= 0.3 is 0 Å². The van der Waals surface area contributed by atoms with Crippen LogP contribution < -0.4 is 10.1 Å². The minimum atomic E-state index is -0.230. The first-order valence-electron chi connectivity index (χ1n) is 9.92. The third-order valence-electron chi connectivity index (χ3n) is 5.00. The molecule has 2 aromatic carbocycles. The Hall–Kier alpha value is -2.82. The van der Waals surface area contributed by atoms with Gasteiger partial charge in [0.2, 0.25) is 0 Å². The third kappa shape index (κ3) is 5.35. The zero-order valence-electron chi connectivity index (χ0n) is 16.7. The molecule has 2 aromatic rings. The maximum atomic E-state index is 12.6. The summed E-state index contributed by atoms with van der Waals surface area (Å²) in [6, 6.07) is 12.9. The molecule has 0 bridgehead atoms. The lowest BCUT2D eigenvalue weighted by molar-refractivity contribution is -0.118. The van der Waals surface area contributed by atoms with Gasteiger partial charge in [0.05, 0.1) is 0 Å². The molecule has 1 saturated heterocycles. The first kappa shape index (κ1) is 19.9. The van der Waals surface area contributed by atoms with Gasteiger partial charge in [-0.1, -0.05) is 30.5 Å². The lowest BCUT2D eigenvalue weighted by Crippen LogP contribution is -2.31. The Kier molecular flexibility index (Phi) is 6.69. The molecule has 0 atom stereocenters. The first-order chi connectivity index (χ1) is 13.5. The summed E-state index contributed by atoms with van der Waals surface area (Å²) in [4.78, 5) is 26.7. The van der Waals surface area contributed by atoms with Crippen LogP contribution in [0.5, 0.6) is 5.75 Å². The second-order valence-corrected chi connectivity index (χ2v) is 7.39. The van der Waals surface area contributed by atoms with Crippen LogP contribution in [0.25, 0.3) is 0 Å². The van der Waals surface area contributed by atoms with E-state index in [2.05, 4.69) is 5.32 Å². The van der Waals surface area contributed by atoms with Gasteiger partial charge in [-0.2, -0.15) is 0 Å². The fourth-order valence-corrected chi connectivity index (χ4v) is 3.45. The van der Waals surface area contributed by atoms with Gasteiger partial charge in [-0.15, -0.1) is 0 Å². The van der Waals surface area contributed by atoms with Crippen molar-refractivity contribution in [3.8, 4) is 5.75 Å². The van der Waals surface area contributed by atoms with E-state index in [0.29, 0.717) is 17.0 Å². The molecule has 0 aliphatic carbocycles. The van der Waals surface area contributed by atoms with Gasteiger partial charge in [-0.3, -0.25) is 9.59 Å². The average Bonchev–Trinajstić information content (AvgIpc) is 2.97. The summed E-state index contributed by atoms with van der Waals surface area (Å²) in [6.45, 7) is 5.57. The van der Waals surface area contributed by atoms with Crippen molar-refractivity contribution in [2.45, 2.75) is 39.5 Å². The van der Waals surface area contributed by atoms with E-state index >= 15 is 0 Å². The molecule has 1 N–H and O–H groups in total. The number of aryl methyl sites for hydroxylation is 2. The largest absolute Gasteiger partial charge is 0.483 e. The number of hydrogen-bond donors (Lipinski definition) is 1. The molecule has 0 saturated carbocycles. The summed E-state index contributed by atoms with van der Waals surface area (Å²) >= 11 is 0. The molecule has 0 spiro atoms. The number of likely N-dealkylation sites (tertiary alicyclic amines) is 1. The Bertz CT molecular complexity index is 822. The fraction of sp³-hybridized carbons (Fsp3) is 0.391. The Morgan fingerprint density at radius 2 is 1.64 bits per heavy atom. The molecule has 0 radical (unpaired) electrons. The number of benzene rings is 2. The molecule has 5 nitrogen and oxygen atoms in total. The van der Waals surface area contributed by atoms with Gasteiger partial charge in [0.1, 0.15) is 5.75 Å². The van der Waals surface area contributed by atoms with Crippen LogP contribution in [0.15, 0.2) is 42.5 Å². The van der Waals surface area contributed by atoms with Crippen molar-refractivity contribution in [1.29, 1.82) is 0 Å². The zero-order chi connectivity index (χ0) is 19.9. The molecule has 1 aliphatic rings. The number of ether oxygens (including phenoxy) is 1. The van der Waals surface area contributed by atoms with Gasteiger partial charge in [0.15, 0.2) is 6.61 Å². The quantitative estimate of drug-likeness (QED) is 0.840. The van der Waals surface area contributed by atoms with E-state index < -0.39 is 0 Å². The standard InChI is InChI=1S/C23H28N2O3/c1-17-7-12-21(18(2)15-17)28-16-22(26)24-20-10-8-19(9-11-20)23(27)25-13-5-3-4-6-14-25/h7-12,15H,3-6,13-14,16H2,1-2H3,(H,24,26). The van der Waals surface area contributed by atoms with Crippen LogP contribution in [-0.2, 0) is 4.79 Å². The van der Waals surface area contributed by atoms with Gasteiger partial charge in [-0.25, -0.2) is 0 Å². The van der Waals surface area contributed by atoms with E-state index in [9.17, 15) is 9.59 Å². The average molecular weight is 380 g/mol. The van der Waals surface area contributed by atoms with E-state index in [-0.39, 0.29) is 18.4 Å². The number of carbonyl (C=O) groups excluding carboxylic acids is 2. The lowest BCUT2D eigenvalue weighted by Gasteiger charge is -2.20. The van der Waals surface area contributed by atoms with E-state index in [1.54, 1.807) is 24.3 Å². The molecule has 0 unspecified atom stereocenters. The second kappa shape index (κ2) is 9.40. The maximum absolute atomic E-state index is 12.6. The number of amides is 2. The lowest BCUT2D eigenvalue weighted by atomic mass is 10.1. The van der Waals surface area contributed by atoms with Gasteiger partial charge in [-0.05, 0) is 62.6 Å². The summed E-state index contributed by atoms with van der Waals surface area (Å²) < 4.78 is 5.61. The van der Waals surface area contributed by atoms with Crippen molar-refractivity contribution in [1.82, 2.24) is 4.90 Å². The number of nitrogens with zero attached hydrogens (tertiary/aromatic N) is 1. The normalized spacial score (nSPS) is 14.3.